The molecule has 0 saturated carbocycles. The van der Waals surface area contributed by atoms with E-state index in [9.17, 15) is 9.59 Å². The van der Waals surface area contributed by atoms with Gasteiger partial charge in [0.05, 0.1) is 12.8 Å². The summed E-state index contributed by atoms with van der Waals surface area (Å²) in [6.07, 6.45) is 1.70. The summed E-state index contributed by atoms with van der Waals surface area (Å²) in [5.41, 5.74) is 3.99. The molecule has 3 rings (SSSR count). The van der Waals surface area contributed by atoms with Crippen LogP contribution in [0.5, 0.6) is 17.2 Å². The zero-order valence-electron chi connectivity index (χ0n) is 20.7. The first kappa shape index (κ1) is 28.0. The Morgan fingerprint density at radius 1 is 1.03 bits per heavy atom. The Kier molecular flexibility index (Phi) is 11.0. The van der Waals surface area contributed by atoms with Crippen molar-refractivity contribution in [1.29, 1.82) is 5.26 Å². The second-order valence-electron chi connectivity index (χ2n) is 7.87. The molecule has 0 aliphatic heterocycles. The smallest absolute Gasteiger partial charge is 0.262 e. The van der Waals surface area contributed by atoms with Crippen LogP contribution in [-0.4, -0.2) is 43.9 Å². The van der Waals surface area contributed by atoms with Gasteiger partial charge in [0, 0.05) is 11.4 Å². The molecule has 2 N–H and O–H groups in total. The molecule has 38 heavy (non-hydrogen) atoms. The van der Waals surface area contributed by atoms with E-state index in [0.717, 1.165) is 5.56 Å². The average molecular weight is 535 g/mol. The van der Waals surface area contributed by atoms with Gasteiger partial charge in [0.25, 0.3) is 11.8 Å². The fraction of sp³-hybridized carbons (Fsp3) is 0.214. The van der Waals surface area contributed by atoms with Crippen molar-refractivity contribution in [2.75, 3.05) is 19.8 Å². The highest BCUT2D eigenvalue weighted by molar-refractivity contribution is 6.30. The van der Waals surface area contributed by atoms with Gasteiger partial charge in [-0.3, -0.25) is 9.59 Å². The number of hydrogen-bond acceptors (Lipinski definition) is 7. The molecule has 0 fully saturated rings. The predicted molar refractivity (Wildman–Crippen MR) is 143 cm³/mol. The van der Waals surface area contributed by atoms with Crippen molar-refractivity contribution in [2.45, 2.75) is 19.4 Å². The predicted octanol–water partition coefficient (Wildman–Crippen LogP) is 3.90. The molecule has 0 aliphatic rings. The van der Waals surface area contributed by atoms with Crippen molar-refractivity contribution in [3.63, 3.8) is 0 Å². The minimum Gasteiger partial charge on any atom is -0.490 e. The van der Waals surface area contributed by atoms with Crippen molar-refractivity contribution in [2.24, 2.45) is 5.10 Å². The van der Waals surface area contributed by atoms with Gasteiger partial charge in [-0.1, -0.05) is 41.9 Å². The van der Waals surface area contributed by atoms with Gasteiger partial charge >= 0.3 is 0 Å². The highest BCUT2D eigenvalue weighted by Crippen LogP contribution is 2.28. The SMILES string of the molecule is CCOc1cc(/C=N\NC(=O)[C@H](Cc2ccccc2)NC(=O)COc2ccc(Cl)cc2)ccc1OCC#N. The standard InChI is InChI=1S/C28H27ClN4O5/c1-2-36-26-17-21(8-13-25(26)37-15-14-30)18-31-33-28(35)24(16-20-6-4-3-5-7-20)32-27(34)19-38-23-11-9-22(29)10-12-23/h3-13,17-18,24H,2,15-16,19H2,1H3,(H,32,34)(H,33,35)/b31-18-/t24-/m0/s1. The second-order valence-corrected chi connectivity index (χ2v) is 8.31. The van der Waals surface area contributed by atoms with Crippen LogP contribution in [0.25, 0.3) is 0 Å². The zero-order valence-corrected chi connectivity index (χ0v) is 21.5. The lowest BCUT2D eigenvalue weighted by Crippen LogP contribution is -2.48. The fourth-order valence-electron chi connectivity index (χ4n) is 3.33. The summed E-state index contributed by atoms with van der Waals surface area (Å²) in [6, 6.07) is 22.0. The number of halogens is 1. The van der Waals surface area contributed by atoms with E-state index in [1.165, 1.54) is 6.21 Å². The Hall–Kier alpha value is -4.55. The summed E-state index contributed by atoms with van der Waals surface area (Å²) < 4.78 is 16.4. The molecule has 0 aromatic heterocycles. The summed E-state index contributed by atoms with van der Waals surface area (Å²) >= 11 is 5.87. The lowest BCUT2D eigenvalue weighted by molar-refractivity contribution is -0.130. The first-order valence-corrected chi connectivity index (χ1v) is 12.2. The van der Waals surface area contributed by atoms with Gasteiger partial charge in [-0.25, -0.2) is 5.43 Å². The van der Waals surface area contributed by atoms with Gasteiger partial charge in [-0.05, 0) is 60.5 Å². The first-order valence-electron chi connectivity index (χ1n) is 11.8. The molecule has 2 amide bonds. The van der Waals surface area contributed by atoms with Crippen LogP contribution in [0.2, 0.25) is 5.02 Å². The van der Waals surface area contributed by atoms with Crippen LogP contribution < -0.4 is 25.0 Å². The molecule has 196 valence electrons. The van der Waals surface area contributed by atoms with E-state index < -0.39 is 17.9 Å². The summed E-state index contributed by atoms with van der Waals surface area (Å²) in [5.74, 6) is 0.404. The van der Waals surface area contributed by atoms with E-state index in [1.807, 2.05) is 43.3 Å². The topological polar surface area (TPSA) is 122 Å². The number of amides is 2. The number of carbonyl (C=O) groups excluding carboxylic acids is 2. The van der Waals surface area contributed by atoms with Crippen molar-refractivity contribution < 1.29 is 23.8 Å². The van der Waals surface area contributed by atoms with Gasteiger partial charge in [0.15, 0.2) is 24.7 Å². The molecule has 0 aliphatic carbocycles. The van der Waals surface area contributed by atoms with E-state index in [2.05, 4.69) is 15.8 Å². The molecule has 0 bridgehead atoms. The maximum atomic E-state index is 13.0. The minimum atomic E-state index is -0.892. The summed E-state index contributed by atoms with van der Waals surface area (Å²) in [4.78, 5) is 25.5. The van der Waals surface area contributed by atoms with Crippen molar-refractivity contribution in [3.05, 3.63) is 88.9 Å². The first-order chi connectivity index (χ1) is 18.5. The van der Waals surface area contributed by atoms with Crippen LogP contribution in [0.15, 0.2) is 77.9 Å². The summed E-state index contributed by atoms with van der Waals surface area (Å²) in [5, 5.41) is 16.0. The third kappa shape index (κ3) is 9.15. The maximum absolute atomic E-state index is 13.0. The van der Waals surface area contributed by atoms with E-state index in [1.54, 1.807) is 42.5 Å². The second kappa shape index (κ2) is 14.9. The van der Waals surface area contributed by atoms with E-state index in [4.69, 9.17) is 31.1 Å². The third-order valence-corrected chi connectivity index (χ3v) is 5.32. The van der Waals surface area contributed by atoms with Crippen LogP contribution in [0, 0.1) is 11.3 Å². The van der Waals surface area contributed by atoms with Crippen LogP contribution in [0.1, 0.15) is 18.1 Å². The van der Waals surface area contributed by atoms with Gasteiger partial charge in [0.1, 0.15) is 17.9 Å². The highest BCUT2D eigenvalue weighted by atomic mass is 35.5. The maximum Gasteiger partial charge on any atom is 0.262 e. The summed E-state index contributed by atoms with van der Waals surface area (Å²) in [6.45, 7) is 1.85. The number of hydrogen-bond donors (Lipinski definition) is 2. The van der Waals surface area contributed by atoms with E-state index in [0.29, 0.717) is 34.4 Å². The normalized spacial score (nSPS) is 11.3. The van der Waals surface area contributed by atoms with Crippen molar-refractivity contribution >= 4 is 29.6 Å². The molecule has 0 saturated heterocycles. The number of nitrogens with one attached hydrogen (secondary N) is 2. The number of carbonyl (C=O) groups is 2. The molecule has 3 aromatic rings. The van der Waals surface area contributed by atoms with Gasteiger partial charge < -0.3 is 19.5 Å². The molecule has 0 spiro atoms. The molecule has 1 atom stereocenters. The van der Waals surface area contributed by atoms with E-state index >= 15 is 0 Å². The monoisotopic (exact) mass is 534 g/mol. The Morgan fingerprint density at radius 2 is 1.79 bits per heavy atom. The van der Waals surface area contributed by atoms with Crippen LogP contribution in [0.3, 0.4) is 0 Å². The van der Waals surface area contributed by atoms with Crippen molar-refractivity contribution in [3.8, 4) is 23.3 Å². The van der Waals surface area contributed by atoms with Crippen LogP contribution in [0.4, 0.5) is 0 Å². The Morgan fingerprint density at radius 3 is 2.50 bits per heavy atom. The largest absolute Gasteiger partial charge is 0.490 e. The number of rotatable bonds is 13. The molecule has 10 heteroatoms. The lowest BCUT2D eigenvalue weighted by Gasteiger charge is -2.17. The molecular weight excluding hydrogens is 508 g/mol. The quantitative estimate of drug-likeness (QED) is 0.253. The molecule has 0 radical (unpaired) electrons. The molecule has 0 heterocycles. The van der Waals surface area contributed by atoms with Crippen LogP contribution >= 0.6 is 11.6 Å². The van der Waals surface area contributed by atoms with Crippen LogP contribution in [-0.2, 0) is 16.0 Å². The molecular formula is C28H27ClN4O5. The molecule has 3 aromatic carbocycles. The zero-order chi connectivity index (χ0) is 27.2. The van der Waals surface area contributed by atoms with Gasteiger partial charge in [-0.15, -0.1) is 0 Å². The Bertz CT molecular complexity index is 1280. The Balaban J connectivity index is 1.64. The average Bonchev–Trinajstić information content (AvgIpc) is 2.92. The molecule has 0 unspecified atom stereocenters. The Labute approximate surface area is 226 Å². The fourth-order valence-corrected chi connectivity index (χ4v) is 3.45. The number of hydrazone groups is 1. The summed E-state index contributed by atoms with van der Waals surface area (Å²) in [7, 11) is 0. The highest BCUT2D eigenvalue weighted by Gasteiger charge is 2.21. The number of ether oxygens (including phenoxy) is 3. The third-order valence-electron chi connectivity index (χ3n) is 5.07. The number of benzene rings is 3. The van der Waals surface area contributed by atoms with Gasteiger partial charge in [-0.2, -0.15) is 10.4 Å². The number of nitriles is 1. The number of nitrogens with zero attached hydrogens (tertiary/aromatic N) is 2. The van der Waals surface area contributed by atoms with Crippen molar-refractivity contribution in [1.82, 2.24) is 10.7 Å². The minimum absolute atomic E-state index is 0.108. The van der Waals surface area contributed by atoms with E-state index in [-0.39, 0.29) is 19.6 Å². The lowest BCUT2D eigenvalue weighted by atomic mass is 10.1. The molecule has 9 nitrogen and oxygen atoms in total. The van der Waals surface area contributed by atoms with Gasteiger partial charge in [0.2, 0.25) is 0 Å².